The van der Waals surface area contributed by atoms with Gasteiger partial charge < -0.3 is 16.2 Å². The Kier molecular flexibility index (Phi) is 5.32. The van der Waals surface area contributed by atoms with Crippen LogP contribution in [0.2, 0.25) is 0 Å². The van der Waals surface area contributed by atoms with Crippen LogP contribution in [-0.4, -0.2) is 35.6 Å². The maximum atomic E-state index is 10.1. The van der Waals surface area contributed by atoms with Crippen molar-refractivity contribution < 1.29 is 19.5 Å². The van der Waals surface area contributed by atoms with Gasteiger partial charge in [-0.05, 0) is 5.92 Å². The average molecular weight is 217 g/mol. The van der Waals surface area contributed by atoms with Crippen molar-refractivity contribution >= 4 is 17.9 Å². The summed E-state index contributed by atoms with van der Waals surface area (Å²) in [5.41, 5.74) is 5.16. The molecule has 1 fully saturated rings. The lowest BCUT2D eigenvalue weighted by Crippen LogP contribution is -2.34. The van der Waals surface area contributed by atoms with E-state index in [4.69, 9.17) is 10.8 Å². The van der Waals surface area contributed by atoms with Crippen molar-refractivity contribution in [3.8, 4) is 0 Å². The standard InChI is InChI=1S/C5H11NO2.C3H4N2O2/c1-3(2)4(6)5(7)8;6-2-1-4-3(7)5-2/h3-4H,6H2,1-2H3,(H,7,8);1H2,(H2,4,5,6,7). The van der Waals surface area contributed by atoms with Crippen molar-refractivity contribution in [2.45, 2.75) is 19.9 Å². The van der Waals surface area contributed by atoms with Crippen LogP contribution in [0.25, 0.3) is 0 Å². The van der Waals surface area contributed by atoms with E-state index in [1.807, 2.05) is 5.32 Å². The maximum absolute atomic E-state index is 10.1. The molecule has 5 N–H and O–H groups in total. The van der Waals surface area contributed by atoms with Gasteiger partial charge in [0.1, 0.15) is 6.04 Å². The molecule has 0 saturated carbocycles. The quantitative estimate of drug-likeness (QED) is 0.436. The number of carbonyl (C=O) groups is 3. The molecule has 0 radical (unpaired) electrons. The lowest BCUT2D eigenvalue weighted by molar-refractivity contribution is -0.139. The van der Waals surface area contributed by atoms with Crippen LogP contribution in [0, 0.1) is 5.92 Å². The summed E-state index contributed by atoms with van der Waals surface area (Å²) in [7, 11) is 0. The third kappa shape index (κ3) is 5.63. The summed E-state index contributed by atoms with van der Waals surface area (Å²) in [6.07, 6.45) is 0. The van der Waals surface area contributed by atoms with Crippen LogP contribution in [0.1, 0.15) is 13.8 Å². The third-order valence-corrected chi connectivity index (χ3v) is 1.67. The SMILES string of the molecule is CC(C)C(N)C(=O)O.O=C1CNC(=O)N1. The lowest BCUT2D eigenvalue weighted by atomic mass is 10.1. The van der Waals surface area contributed by atoms with E-state index in [0.29, 0.717) is 0 Å². The molecule has 1 saturated heterocycles. The second-order valence-corrected chi connectivity index (χ2v) is 3.34. The molecule has 0 aromatic rings. The highest BCUT2D eigenvalue weighted by molar-refractivity contribution is 6.01. The van der Waals surface area contributed by atoms with E-state index in [1.165, 1.54) is 0 Å². The number of carboxylic acids is 1. The fourth-order valence-corrected chi connectivity index (χ4v) is 0.661. The van der Waals surface area contributed by atoms with E-state index >= 15 is 0 Å². The Labute approximate surface area is 87.0 Å². The number of aliphatic carboxylic acids is 1. The average Bonchev–Trinajstić information content (AvgIpc) is 2.49. The van der Waals surface area contributed by atoms with Crippen LogP contribution in [0.5, 0.6) is 0 Å². The molecule has 0 aromatic carbocycles. The van der Waals surface area contributed by atoms with E-state index < -0.39 is 18.0 Å². The molecule has 15 heavy (non-hydrogen) atoms. The summed E-state index contributed by atoms with van der Waals surface area (Å²) in [4.78, 5) is 30.1. The predicted octanol–water partition coefficient (Wildman–Crippen LogP) is -1.12. The molecule has 1 aliphatic heterocycles. The van der Waals surface area contributed by atoms with Gasteiger partial charge in [-0.2, -0.15) is 0 Å². The second-order valence-electron chi connectivity index (χ2n) is 3.34. The number of rotatable bonds is 2. The number of imide groups is 1. The summed E-state index contributed by atoms with van der Waals surface area (Å²) in [6, 6.07) is -1.11. The van der Waals surface area contributed by atoms with Crippen molar-refractivity contribution in [1.29, 1.82) is 0 Å². The van der Waals surface area contributed by atoms with Crippen LogP contribution in [0.3, 0.4) is 0 Å². The minimum Gasteiger partial charge on any atom is -0.480 e. The molecular formula is C8H15N3O4. The van der Waals surface area contributed by atoms with Gasteiger partial charge in [0.15, 0.2) is 0 Å². The van der Waals surface area contributed by atoms with E-state index in [9.17, 15) is 14.4 Å². The van der Waals surface area contributed by atoms with E-state index in [2.05, 4.69) is 5.32 Å². The molecule has 1 heterocycles. The minimum atomic E-state index is -0.931. The van der Waals surface area contributed by atoms with E-state index in [0.717, 1.165) is 0 Å². The summed E-state index contributed by atoms with van der Waals surface area (Å²) in [5.74, 6) is -1.17. The zero-order valence-electron chi connectivity index (χ0n) is 8.61. The number of urea groups is 1. The van der Waals surface area contributed by atoms with Crippen molar-refractivity contribution in [1.82, 2.24) is 10.6 Å². The molecule has 7 heteroatoms. The Bertz CT molecular complexity index is 251. The van der Waals surface area contributed by atoms with Gasteiger partial charge >= 0.3 is 12.0 Å². The molecule has 0 aliphatic carbocycles. The number of carbonyl (C=O) groups excluding carboxylic acids is 2. The van der Waals surface area contributed by atoms with Gasteiger partial charge in [0.05, 0.1) is 6.54 Å². The number of amides is 3. The van der Waals surface area contributed by atoms with Gasteiger partial charge in [-0.1, -0.05) is 13.8 Å². The van der Waals surface area contributed by atoms with Crippen molar-refractivity contribution in [2.75, 3.05) is 6.54 Å². The van der Waals surface area contributed by atoms with Gasteiger partial charge in [-0.3, -0.25) is 14.9 Å². The molecular weight excluding hydrogens is 202 g/mol. The smallest absolute Gasteiger partial charge is 0.321 e. The van der Waals surface area contributed by atoms with Crippen molar-refractivity contribution in [3.63, 3.8) is 0 Å². The van der Waals surface area contributed by atoms with E-state index in [-0.39, 0.29) is 18.4 Å². The van der Waals surface area contributed by atoms with Crippen LogP contribution < -0.4 is 16.4 Å². The molecule has 0 aromatic heterocycles. The first kappa shape index (κ1) is 13.4. The van der Waals surface area contributed by atoms with Crippen molar-refractivity contribution in [3.05, 3.63) is 0 Å². The molecule has 1 aliphatic rings. The Balaban J connectivity index is 0.000000262. The minimum absolute atomic E-state index is 0.0208. The summed E-state index contributed by atoms with van der Waals surface area (Å²) in [5, 5.41) is 12.5. The Morgan fingerprint density at radius 3 is 2.07 bits per heavy atom. The molecule has 1 atom stereocenters. The molecule has 1 unspecified atom stereocenters. The largest absolute Gasteiger partial charge is 0.480 e. The first-order chi connectivity index (χ1) is 6.84. The highest BCUT2D eigenvalue weighted by Crippen LogP contribution is 1.96. The maximum Gasteiger partial charge on any atom is 0.321 e. The van der Waals surface area contributed by atoms with E-state index in [1.54, 1.807) is 13.8 Å². The number of hydrogen-bond donors (Lipinski definition) is 4. The molecule has 86 valence electrons. The van der Waals surface area contributed by atoms with Gasteiger partial charge in [-0.15, -0.1) is 0 Å². The van der Waals surface area contributed by atoms with Crippen LogP contribution in [0.4, 0.5) is 4.79 Å². The Morgan fingerprint density at radius 1 is 1.47 bits per heavy atom. The van der Waals surface area contributed by atoms with Crippen molar-refractivity contribution in [2.24, 2.45) is 11.7 Å². The number of nitrogens with one attached hydrogen (secondary N) is 2. The molecule has 0 bridgehead atoms. The number of hydrogen-bond acceptors (Lipinski definition) is 4. The molecule has 0 spiro atoms. The second kappa shape index (κ2) is 5.97. The van der Waals surface area contributed by atoms with Crippen LogP contribution in [0.15, 0.2) is 0 Å². The molecule has 3 amide bonds. The highest BCUT2D eigenvalue weighted by Gasteiger charge is 2.14. The van der Waals surface area contributed by atoms with Gasteiger partial charge in [0.2, 0.25) is 5.91 Å². The third-order valence-electron chi connectivity index (χ3n) is 1.67. The fourth-order valence-electron chi connectivity index (χ4n) is 0.661. The fraction of sp³-hybridized carbons (Fsp3) is 0.625. The normalized spacial score (nSPS) is 16.3. The summed E-state index contributed by atoms with van der Waals surface area (Å²) in [6.45, 7) is 3.68. The summed E-state index contributed by atoms with van der Waals surface area (Å²) >= 11 is 0. The first-order valence-electron chi connectivity index (χ1n) is 4.40. The highest BCUT2D eigenvalue weighted by atomic mass is 16.4. The number of nitrogens with two attached hydrogens (primary N) is 1. The van der Waals surface area contributed by atoms with Crippen LogP contribution in [-0.2, 0) is 9.59 Å². The zero-order chi connectivity index (χ0) is 12.0. The summed E-state index contributed by atoms with van der Waals surface area (Å²) < 4.78 is 0. The zero-order valence-corrected chi connectivity index (χ0v) is 8.61. The first-order valence-corrected chi connectivity index (χ1v) is 4.40. The number of carboxylic acid groups (broad SMARTS) is 1. The lowest BCUT2D eigenvalue weighted by Gasteiger charge is -2.07. The van der Waals surface area contributed by atoms with Crippen LogP contribution >= 0.6 is 0 Å². The predicted molar refractivity (Wildman–Crippen MR) is 52.0 cm³/mol. The molecule has 7 nitrogen and oxygen atoms in total. The van der Waals surface area contributed by atoms with Gasteiger partial charge in [0.25, 0.3) is 0 Å². The Morgan fingerprint density at radius 2 is 2.00 bits per heavy atom. The monoisotopic (exact) mass is 217 g/mol. The van der Waals surface area contributed by atoms with Gasteiger partial charge in [0, 0.05) is 0 Å². The Hall–Kier alpha value is -1.63. The van der Waals surface area contributed by atoms with Gasteiger partial charge in [-0.25, -0.2) is 4.79 Å². The molecule has 1 rings (SSSR count). The topological polar surface area (TPSA) is 122 Å².